The van der Waals surface area contributed by atoms with E-state index in [2.05, 4.69) is 123 Å². The third kappa shape index (κ3) is 63.8. The molecule has 0 saturated heterocycles. The summed E-state index contributed by atoms with van der Waals surface area (Å²) in [7, 11) is 1.16. The number of allylic oxidation sites excluding steroid dienone is 18. The minimum absolute atomic E-state index is 0.0350. The monoisotopic (exact) mass is 1140 g/mol. The van der Waals surface area contributed by atoms with E-state index in [1.807, 2.05) is 21.1 Å². The van der Waals surface area contributed by atoms with Crippen LogP contribution in [0.3, 0.4) is 0 Å². The molecule has 0 aliphatic rings. The number of carbonyl (C=O) groups is 2. The van der Waals surface area contributed by atoms with Crippen LogP contribution in [0, 0.1) is 0 Å². The molecule has 2 atom stereocenters. The van der Waals surface area contributed by atoms with Crippen LogP contribution in [0.4, 0.5) is 0 Å². The number of hydrogen-bond acceptors (Lipinski definition) is 8. The van der Waals surface area contributed by atoms with E-state index in [-0.39, 0.29) is 32.0 Å². The van der Waals surface area contributed by atoms with E-state index < -0.39 is 26.5 Å². The first-order chi connectivity index (χ1) is 39.0. The van der Waals surface area contributed by atoms with Gasteiger partial charge < -0.3 is 27.9 Å². The van der Waals surface area contributed by atoms with Crippen LogP contribution in [-0.2, 0) is 32.7 Å². The van der Waals surface area contributed by atoms with Gasteiger partial charge in [0.2, 0.25) is 0 Å². The van der Waals surface area contributed by atoms with Crippen LogP contribution in [-0.4, -0.2) is 70.0 Å². The van der Waals surface area contributed by atoms with Crippen LogP contribution < -0.4 is 4.89 Å². The fourth-order valence-electron chi connectivity index (χ4n) is 8.85. The average molecular weight is 1140 g/mol. The first kappa shape index (κ1) is 76.7. The van der Waals surface area contributed by atoms with Gasteiger partial charge in [-0.3, -0.25) is 14.2 Å². The minimum Gasteiger partial charge on any atom is -0.756 e. The van der Waals surface area contributed by atoms with Crippen LogP contribution in [0.15, 0.2) is 109 Å². The van der Waals surface area contributed by atoms with Gasteiger partial charge in [-0.25, -0.2) is 0 Å². The van der Waals surface area contributed by atoms with Crippen molar-refractivity contribution in [3.8, 4) is 0 Å². The van der Waals surface area contributed by atoms with Crippen molar-refractivity contribution in [2.24, 2.45) is 0 Å². The van der Waals surface area contributed by atoms with E-state index in [4.69, 9.17) is 18.5 Å². The molecule has 10 heteroatoms. The van der Waals surface area contributed by atoms with Gasteiger partial charge in [0.25, 0.3) is 7.82 Å². The molecule has 0 spiro atoms. The summed E-state index contributed by atoms with van der Waals surface area (Å²) in [5.41, 5.74) is 0. The number of rotatable bonds is 59. The summed E-state index contributed by atoms with van der Waals surface area (Å²) in [6.45, 7) is 4.03. The lowest BCUT2D eigenvalue weighted by Crippen LogP contribution is -2.37. The number of esters is 2. The molecular weight excluding hydrogens is 1010 g/mol. The summed E-state index contributed by atoms with van der Waals surface area (Å²) in [4.78, 5) is 38.0. The molecule has 0 heterocycles. The SMILES string of the molecule is CC/C=C\C/C=C\C/C=C\C/C=C\C/C=C\CCCCCCCCCCCCCCCCCCCC(=O)OC(COC(=O)CCCCCCCCCCCC/C=C\C/C=C\C/C=C\C/C=C\CC)COP(=O)([O-])OCC[N+](C)(C)C. The lowest BCUT2D eigenvalue weighted by Gasteiger charge is -2.28. The van der Waals surface area contributed by atoms with E-state index in [1.54, 1.807) is 0 Å². The molecule has 9 nitrogen and oxygen atoms in total. The van der Waals surface area contributed by atoms with Crippen LogP contribution in [0.5, 0.6) is 0 Å². The highest BCUT2D eigenvalue weighted by Gasteiger charge is 2.22. The highest BCUT2D eigenvalue weighted by molar-refractivity contribution is 7.45. The van der Waals surface area contributed by atoms with Gasteiger partial charge in [-0.1, -0.05) is 271 Å². The Hall–Kier alpha value is -3.33. The zero-order valence-corrected chi connectivity index (χ0v) is 53.1. The van der Waals surface area contributed by atoms with Crippen molar-refractivity contribution >= 4 is 19.8 Å². The van der Waals surface area contributed by atoms with Gasteiger partial charge in [0.15, 0.2) is 6.10 Å². The molecule has 0 bridgehead atoms. The zero-order chi connectivity index (χ0) is 58.4. The maximum absolute atomic E-state index is 12.8. The Kier molecular flexibility index (Phi) is 57.8. The Morgan fingerprint density at radius 2 is 0.675 bits per heavy atom. The lowest BCUT2D eigenvalue weighted by molar-refractivity contribution is -0.870. The Bertz CT molecular complexity index is 1720. The van der Waals surface area contributed by atoms with Crippen LogP contribution in [0.1, 0.15) is 271 Å². The molecule has 0 aliphatic carbocycles. The summed E-state index contributed by atoms with van der Waals surface area (Å²) in [5, 5.41) is 0. The fraction of sp³-hybridized carbons (Fsp3) is 0.714. The van der Waals surface area contributed by atoms with Gasteiger partial charge in [-0.05, 0) is 96.3 Å². The van der Waals surface area contributed by atoms with Crippen LogP contribution in [0.2, 0.25) is 0 Å². The van der Waals surface area contributed by atoms with E-state index in [0.717, 1.165) is 109 Å². The molecule has 80 heavy (non-hydrogen) atoms. The molecule has 0 aliphatic heterocycles. The highest BCUT2D eigenvalue weighted by Crippen LogP contribution is 2.38. The number of likely N-dealkylation sites (N-methyl/N-ethyl adjacent to an activating group) is 1. The minimum atomic E-state index is -4.65. The second kappa shape index (κ2) is 60.3. The normalized spacial score (nSPS) is 13.9. The molecule has 0 aromatic carbocycles. The third-order valence-corrected chi connectivity index (χ3v) is 14.8. The van der Waals surface area contributed by atoms with E-state index in [1.165, 1.54) is 128 Å². The Morgan fingerprint density at radius 3 is 1.00 bits per heavy atom. The molecule has 0 radical (unpaired) electrons. The number of nitrogens with zero attached hydrogens (tertiary/aromatic N) is 1. The average Bonchev–Trinajstić information content (AvgIpc) is 3.42. The molecule has 460 valence electrons. The summed E-state index contributed by atoms with van der Waals surface area (Å²) < 4.78 is 34.3. The summed E-state index contributed by atoms with van der Waals surface area (Å²) in [5.74, 6) is -0.835. The zero-order valence-electron chi connectivity index (χ0n) is 52.2. The van der Waals surface area contributed by atoms with Crippen molar-refractivity contribution in [1.82, 2.24) is 0 Å². The smallest absolute Gasteiger partial charge is 0.306 e. The molecule has 0 rings (SSSR count). The lowest BCUT2D eigenvalue weighted by atomic mass is 10.0. The van der Waals surface area contributed by atoms with Crippen molar-refractivity contribution in [2.75, 3.05) is 47.5 Å². The quantitative estimate of drug-likeness (QED) is 0.0195. The molecule has 0 fully saturated rings. The van der Waals surface area contributed by atoms with Crippen molar-refractivity contribution in [1.29, 1.82) is 0 Å². The molecular formula is C70H122NO8P. The van der Waals surface area contributed by atoms with E-state index in [0.29, 0.717) is 17.4 Å². The van der Waals surface area contributed by atoms with Crippen LogP contribution >= 0.6 is 7.82 Å². The van der Waals surface area contributed by atoms with Crippen LogP contribution in [0.25, 0.3) is 0 Å². The van der Waals surface area contributed by atoms with Gasteiger partial charge in [-0.15, -0.1) is 0 Å². The van der Waals surface area contributed by atoms with Gasteiger partial charge in [0.05, 0.1) is 27.7 Å². The summed E-state index contributed by atoms with van der Waals surface area (Å²) in [6.07, 6.45) is 84.4. The number of quaternary nitrogens is 1. The van der Waals surface area contributed by atoms with E-state index in [9.17, 15) is 19.0 Å². The van der Waals surface area contributed by atoms with Gasteiger partial charge in [0.1, 0.15) is 19.8 Å². The Balaban J connectivity index is 4.07. The molecule has 2 unspecified atom stereocenters. The number of carbonyl (C=O) groups excluding carboxylic acids is 2. The molecule has 0 aromatic heterocycles. The van der Waals surface area contributed by atoms with Crippen molar-refractivity contribution in [2.45, 2.75) is 277 Å². The maximum Gasteiger partial charge on any atom is 0.306 e. The predicted octanol–water partition coefficient (Wildman–Crippen LogP) is 20.3. The molecule has 0 N–H and O–H groups in total. The number of hydrogen-bond donors (Lipinski definition) is 0. The topological polar surface area (TPSA) is 111 Å². The summed E-state index contributed by atoms with van der Waals surface area (Å²) >= 11 is 0. The molecule has 0 saturated carbocycles. The molecule has 0 amide bonds. The van der Waals surface area contributed by atoms with Crippen molar-refractivity contribution in [3.05, 3.63) is 109 Å². The van der Waals surface area contributed by atoms with Gasteiger partial charge in [-0.2, -0.15) is 0 Å². The second-order valence-corrected chi connectivity index (χ2v) is 24.1. The number of ether oxygens (including phenoxy) is 2. The number of phosphoric ester groups is 1. The Labute approximate surface area is 493 Å². The second-order valence-electron chi connectivity index (χ2n) is 22.7. The Morgan fingerprint density at radius 1 is 0.388 bits per heavy atom. The van der Waals surface area contributed by atoms with Crippen molar-refractivity contribution < 1.29 is 42.1 Å². The molecule has 0 aromatic rings. The van der Waals surface area contributed by atoms with E-state index >= 15 is 0 Å². The fourth-order valence-corrected chi connectivity index (χ4v) is 9.58. The maximum atomic E-state index is 12.8. The first-order valence-electron chi connectivity index (χ1n) is 32.6. The first-order valence-corrected chi connectivity index (χ1v) is 34.1. The number of unbranched alkanes of at least 4 members (excludes halogenated alkanes) is 27. The van der Waals surface area contributed by atoms with Crippen molar-refractivity contribution in [3.63, 3.8) is 0 Å². The van der Waals surface area contributed by atoms with Gasteiger partial charge in [0, 0.05) is 12.8 Å². The summed E-state index contributed by atoms with van der Waals surface area (Å²) in [6, 6.07) is 0. The highest BCUT2D eigenvalue weighted by atomic mass is 31.2. The largest absolute Gasteiger partial charge is 0.756 e. The van der Waals surface area contributed by atoms with Gasteiger partial charge >= 0.3 is 11.9 Å². The number of phosphoric acid groups is 1. The predicted molar refractivity (Wildman–Crippen MR) is 342 cm³/mol. The standard InChI is InChI=1S/C70H122NO8P/c1-6-8-10-12-14-16-18-20-22-24-26-28-30-31-32-33-34-35-36-37-38-39-41-43-45-47-49-51-53-55-57-59-61-63-70(73)79-68(67-78-80(74,75)77-65-64-71(3,4)5)66-76-69(72)62-60-58-56-54-52-50-48-46-44-42-40-29-27-25-23-21-19-17-15-13-11-9-7-2/h8-11,14-17,20-23,26-29,31-32,68H,6-7,12-13,18-19,24-25,30,33-67H2,1-5H3/b10-8-,11-9-,16-14-,17-15-,22-20-,23-21-,28-26-,29-27-,32-31-. The third-order valence-electron chi connectivity index (χ3n) is 13.8.